The van der Waals surface area contributed by atoms with Crippen LogP contribution >= 0.6 is 15.9 Å². The van der Waals surface area contributed by atoms with Gasteiger partial charge in [0.15, 0.2) is 0 Å². The molecule has 2 aliphatic heterocycles. The summed E-state index contributed by atoms with van der Waals surface area (Å²) in [5, 5.41) is 0. The van der Waals surface area contributed by atoms with E-state index in [-0.39, 0.29) is 30.0 Å². The van der Waals surface area contributed by atoms with Crippen molar-refractivity contribution in [2.24, 2.45) is 5.92 Å². The Morgan fingerprint density at radius 1 is 1.03 bits per heavy atom. The number of carbonyl (C=O) groups is 1. The largest absolute Gasteiger partial charge is 0.487 e. The smallest absolute Gasteiger partial charge is 0.338 e. The quantitative estimate of drug-likeness (QED) is 0.344. The molecule has 0 unspecified atom stereocenters. The van der Waals surface area contributed by atoms with E-state index in [2.05, 4.69) is 78.3 Å². The lowest BCUT2D eigenvalue weighted by atomic mass is 9.70. The van der Waals surface area contributed by atoms with E-state index in [9.17, 15) is 4.79 Å². The summed E-state index contributed by atoms with van der Waals surface area (Å²) in [6.07, 6.45) is 0.589. The average molecular weight is 521 g/mol. The third kappa shape index (κ3) is 4.27. The summed E-state index contributed by atoms with van der Waals surface area (Å²) in [7, 11) is 0. The van der Waals surface area contributed by atoms with Gasteiger partial charge in [0.1, 0.15) is 11.4 Å². The molecule has 0 aromatic heterocycles. The molecular weight excluding hydrogens is 492 g/mol. The zero-order valence-electron chi connectivity index (χ0n) is 19.7. The zero-order chi connectivity index (χ0) is 23.9. The lowest BCUT2D eigenvalue weighted by Gasteiger charge is -2.43. The highest BCUT2D eigenvalue weighted by Crippen LogP contribution is 2.58. The van der Waals surface area contributed by atoms with Crippen LogP contribution in [0.5, 0.6) is 5.75 Å². The fraction of sp³-hybridized carbons (Fsp3) is 0.345. The molecule has 0 spiro atoms. The van der Waals surface area contributed by atoms with Crippen molar-refractivity contribution >= 4 is 21.9 Å². The lowest BCUT2D eigenvalue weighted by Crippen LogP contribution is -2.45. The predicted octanol–water partition coefficient (Wildman–Crippen LogP) is 6.88. The first-order valence-electron chi connectivity index (χ1n) is 11.8. The molecule has 34 heavy (non-hydrogen) atoms. The molecule has 5 heteroatoms. The van der Waals surface area contributed by atoms with Gasteiger partial charge in [-0.1, -0.05) is 58.4 Å². The summed E-state index contributed by atoms with van der Waals surface area (Å²) in [6, 6.07) is 24.6. The molecular formula is C29H29BrO4. The number of esters is 1. The number of hydrogen-bond acceptors (Lipinski definition) is 4. The van der Waals surface area contributed by atoms with E-state index in [1.807, 2.05) is 25.1 Å². The molecule has 4 nitrogen and oxygen atoms in total. The maximum atomic E-state index is 12.5. The van der Waals surface area contributed by atoms with Crippen LogP contribution in [0.25, 0.3) is 0 Å². The van der Waals surface area contributed by atoms with Crippen molar-refractivity contribution < 1.29 is 19.0 Å². The zero-order valence-corrected chi connectivity index (χ0v) is 21.2. The van der Waals surface area contributed by atoms with Gasteiger partial charge in [0.05, 0.1) is 24.4 Å². The van der Waals surface area contributed by atoms with Crippen LogP contribution in [-0.2, 0) is 15.9 Å². The van der Waals surface area contributed by atoms with E-state index in [0.717, 1.165) is 22.2 Å². The Morgan fingerprint density at radius 3 is 2.47 bits per heavy atom. The van der Waals surface area contributed by atoms with Crippen molar-refractivity contribution in [3.63, 3.8) is 0 Å². The van der Waals surface area contributed by atoms with Gasteiger partial charge in [-0.25, -0.2) is 4.79 Å². The van der Waals surface area contributed by atoms with Gasteiger partial charge in [-0.15, -0.1) is 0 Å². The summed E-state index contributed by atoms with van der Waals surface area (Å²) in [4.78, 5) is 12.5. The highest BCUT2D eigenvalue weighted by molar-refractivity contribution is 9.10. The van der Waals surface area contributed by atoms with Crippen LogP contribution in [0.4, 0.5) is 0 Å². The van der Waals surface area contributed by atoms with Crippen molar-refractivity contribution in [1.29, 1.82) is 0 Å². The number of benzene rings is 3. The van der Waals surface area contributed by atoms with Gasteiger partial charge in [-0.2, -0.15) is 0 Å². The second-order valence-electron chi connectivity index (χ2n) is 9.57. The Kier molecular flexibility index (Phi) is 6.26. The second kappa shape index (κ2) is 9.20. The third-order valence-corrected chi connectivity index (χ3v) is 7.50. The van der Waals surface area contributed by atoms with Crippen molar-refractivity contribution in [3.8, 4) is 5.75 Å². The normalized spacial score (nSPS) is 24.6. The summed E-state index contributed by atoms with van der Waals surface area (Å²) in [6.45, 7) is 6.45. The topological polar surface area (TPSA) is 44.8 Å². The van der Waals surface area contributed by atoms with Crippen LogP contribution in [0.2, 0.25) is 0 Å². The van der Waals surface area contributed by atoms with E-state index in [1.54, 1.807) is 6.07 Å². The molecule has 0 bridgehead atoms. The first-order chi connectivity index (χ1) is 16.4. The number of ether oxygens (including phenoxy) is 3. The third-order valence-electron chi connectivity index (χ3n) is 6.97. The van der Waals surface area contributed by atoms with Crippen molar-refractivity contribution in [2.45, 2.75) is 50.9 Å². The van der Waals surface area contributed by atoms with Crippen LogP contribution in [0.15, 0.2) is 77.3 Å². The van der Waals surface area contributed by atoms with Crippen LogP contribution in [0.1, 0.15) is 59.8 Å². The van der Waals surface area contributed by atoms with Gasteiger partial charge in [0, 0.05) is 21.9 Å². The van der Waals surface area contributed by atoms with E-state index in [4.69, 9.17) is 14.2 Å². The van der Waals surface area contributed by atoms with Crippen LogP contribution in [-0.4, -0.2) is 24.3 Å². The van der Waals surface area contributed by atoms with Crippen LogP contribution < -0.4 is 4.74 Å². The van der Waals surface area contributed by atoms with E-state index < -0.39 is 5.60 Å². The maximum absolute atomic E-state index is 12.5. The van der Waals surface area contributed by atoms with Gasteiger partial charge in [-0.3, -0.25) is 0 Å². The molecule has 0 amide bonds. The highest BCUT2D eigenvalue weighted by atomic mass is 79.9. The summed E-state index contributed by atoms with van der Waals surface area (Å²) in [5.74, 6) is 0.657. The standard InChI is InChI=1S/C29H29BrO4/c1-4-32-28(31)20-12-15-23-22(17-20)27-26(29(2,3)34-23)25(19-10-13-21(30)14-11-19)24(33-27)16-18-8-6-5-7-9-18/h5-15,17,24-27H,4,16H2,1-3H3/t24-,25-,26+,27-/m1/s1. The SMILES string of the molecule is CCOC(=O)c1ccc2c(c1)[C@H]1O[C@H](Cc3ccccc3)[C@@H](c3ccc(Br)cc3)[C@@H]1C(C)(C)O2. The Hall–Kier alpha value is -2.63. The fourth-order valence-corrected chi connectivity index (χ4v) is 5.79. The second-order valence-corrected chi connectivity index (χ2v) is 10.5. The van der Waals surface area contributed by atoms with Gasteiger partial charge < -0.3 is 14.2 Å². The van der Waals surface area contributed by atoms with Gasteiger partial charge in [0.2, 0.25) is 0 Å². The number of fused-ring (bicyclic) bond motifs is 3. The van der Waals surface area contributed by atoms with Crippen molar-refractivity contribution in [1.82, 2.24) is 0 Å². The Bertz CT molecular complexity index is 1170. The first-order valence-corrected chi connectivity index (χ1v) is 12.6. The molecule has 0 aliphatic carbocycles. The van der Waals surface area contributed by atoms with Gasteiger partial charge in [-0.05, 0) is 68.7 Å². The summed E-state index contributed by atoms with van der Waals surface area (Å²) < 4.78 is 19.7. The molecule has 4 atom stereocenters. The Morgan fingerprint density at radius 2 is 1.76 bits per heavy atom. The van der Waals surface area contributed by atoms with E-state index >= 15 is 0 Å². The molecule has 0 saturated carbocycles. The first kappa shape index (κ1) is 23.1. The predicted molar refractivity (Wildman–Crippen MR) is 135 cm³/mol. The Labute approximate surface area is 209 Å². The summed E-state index contributed by atoms with van der Waals surface area (Å²) >= 11 is 3.57. The van der Waals surface area contributed by atoms with Crippen LogP contribution in [0.3, 0.4) is 0 Å². The van der Waals surface area contributed by atoms with Crippen molar-refractivity contribution in [2.75, 3.05) is 6.61 Å². The maximum Gasteiger partial charge on any atom is 0.338 e. The number of hydrogen-bond donors (Lipinski definition) is 0. The average Bonchev–Trinajstić information content (AvgIpc) is 3.20. The highest BCUT2D eigenvalue weighted by Gasteiger charge is 2.56. The molecule has 3 aromatic rings. The number of carbonyl (C=O) groups excluding carboxylic acids is 1. The molecule has 0 radical (unpaired) electrons. The fourth-order valence-electron chi connectivity index (χ4n) is 5.53. The minimum Gasteiger partial charge on any atom is -0.487 e. The molecule has 176 valence electrons. The Balaban J connectivity index is 1.59. The lowest BCUT2D eigenvalue weighted by molar-refractivity contribution is -0.0423. The minimum absolute atomic E-state index is 0.0290. The number of halogens is 1. The monoisotopic (exact) mass is 520 g/mol. The molecule has 3 aromatic carbocycles. The van der Waals surface area contributed by atoms with Crippen LogP contribution in [0, 0.1) is 5.92 Å². The molecule has 0 N–H and O–H groups in total. The van der Waals surface area contributed by atoms with Gasteiger partial charge in [0.25, 0.3) is 0 Å². The van der Waals surface area contributed by atoms with Gasteiger partial charge >= 0.3 is 5.97 Å². The molecule has 2 aliphatic rings. The number of rotatable bonds is 5. The molecule has 1 fully saturated rings. The molecule has 5 rings (SSSR count). The van der Waals surface area contributed by atoms with E-state index in [1.165, 1.54) is 11.1 Å². The molecule has 2 heterocycles. The minimum atomic E-state index is -0.452. The summed E-state index contributed by atoms with van der Waals surface area (Å²) in [5.41, 5.74) is 3.48. The van der Waals surface area contributed by atoms with Crippen molar-refractivity contribution in [3.05, 3.63) is 99.5 Å². The van der Waals surface area contributed by atoms with E-state index in [0.29, 0.717) is 12.2 Å². The molecule has 1 saturated heterocycles.